The van der Waals surface area contributed by atoms with E-state index in [1.807, 2.05) is 0 Å². The lowest BCUT2D eigenvalue weighted by Crippen LogP contribution is -2.40. The molecule has 6 heteroatoms. The average molecular weight is 257 g/mol. The molecule has 0 saturated heterocycles. The molecule has 4 N–H and O–H groups in total. The largest absolute Gasteiger partial charge is 0.394 e. The van der Waals surface area contributed by atoms with E-state index in [0.29, 0.717) is 11.5 Å². The van der Waals surface area contributed by atoms with E-state index in [1.165, 1.54) is 6.20 Å². The molecular formula is C11H17ClN4O. The van der Waals surface area contributed by atoms with Crippen LogP contribution in [0.25, 0.3) is 0 Å². The highest BCUT2D eigenvalue weighted by Gasteiger charge is 2.31. The van der Waals surface area contributed by atoms with Gasteiger partial charge in [-0.15, -0.1) is 0 Å². The van der Waals surface area contributed by atoms with Crippen LogP contribution in [0.3, 0.4) is 0 Å². The van der Waals surface area contributed by atoms with Gasteiger partial charge < -0.3 is 16.2 Å². The third kappa shape index (κ3) is 2.98. The van der Waals surface area contributed by atoms with Gasteiger partial charge in [0.15, 0.2) is 5.82 Å². The number of nitrogens with zero attached hydrogens (tertiary/aromatic N) is 2. The Morgan fingerprint density at radius 3 is 2.82 bits per heavy atom. The molecule has 17 heavy (non-hydrogen) atoms. The van der Waals surface area contributed by atoms with E-state index in [1.54, 1.807) is 0 Å². The van der Waals surface area contributed by atoms with Crippen molar-refractivity contribution in [1.82, 2.24) is 9.97 Å². The number of aromatic nitrogens is 2. The first-order valence-corrected chi connectivity index (χ1v) is 6.11. The summed E-state index contributed by atoms with van der Waals surface area (Å²) >= 11 is 5.75. The van der Waals surface area contributed by atoms with Crippen LogP contribution in [0.15, 0.2) is 6.20 Å². The molecule has 1 aliphatic carbocycles. The molecule has 0 radical (unpaired) electrons. The first-order chi connectivity index (χ1) is 7.98. The van der Waals surface area contributed by atoms with Crippen molar-refractivity contribution in [3.05, 3.63) is 11.5 Å². The molecule has 0 aromatic carbocycles. The van der Waals surface area contributed by atoms with E-state index in [9.17, 15) is 5.11 Å². The number of nitrogens with two attached hydrogens (primary N) is 1. The maximum atomic E-state index is 9.51. The first-order valence-electron chi connectivity index (χ1n) is 5.73. The molecule has 1 fully saturated rings. The van der Waals surface area contributed by atoms with Crippen molar-refractivity contribution in [1.29, 1.82) is 0 Å². The van der Waals surface area contributed by atoms with Gasteiger partial charge in [0.2, 0.25) is 5.28 Å². The first kappa shape index (κ1) is 12.4. The number of anilines is 2. The van der Waals surface area contributed by atoms with Crippen molar-refractivity contribution in [3.63, 3.8) is 0 Å². The van der Waals surface area contributed by atoms with Gasteiger partial charge >= 0.3 is 0 Å². The molecule has 1 heterocycles. The van der Waals surface area contributed by atoms with Crippen LogP contribution in [0.2, 0.25) is 5.28 Å². The quantitative estimate of drug-likeness (QED) is 0.703. The fraction of sp³-hybridized carbons (Fsp3) is 0.636. The fourth-order valence-electron chi connectivity index (χ4n) is 2.12. The van der Waals surface area contributed by atoms with Crippen LogP contribution in [-0.2, 0) is 0 Å². The normalized spacial score (nSPS) is 29.0. The predicted molar refractivity (Wildman–Crippen MR) is 68.0 cm³/mol. The summed E-state index contributed by atoms with van der Waals surface area (Å²) in [6, 6.07) is 0. The number of nitrogen functional groups attached to an aromatic ring is 1. The fourth-order valence-corrected chi connectivity index (χ4v) is 2.25. The molecule has 1 aliphatic rings. The van der Waals surface area contributed by atoms with Crippen LogP contribution in [-0.4, -0.2) is 26.7 Å². The highest BCUT2D eigenvalue weighted by atomic mass is 35.5. The Morgan fingerprint density at radius 1 is 1.53 bits per heavy atom. The van der Waals surface area contributed by atoms with Gasteiger partial charge in [0.25, 0.3) is 0 Å². The number of aliphatic hydroxyl groups is 1. The summed E-state index contributed by atoms with van der Waals surface area (Å²) in [6.07, 6.45) is 4.67. The molecule has 0 amide bonds. The minimum absolute atomic E-state index is 0.0922. The van der Waals surface area contributed by atoms with Crippen LogP contribution in [0.5, 0.6) is 0 Å². The van der Waals surface area contributed by atoms with Gasteiger partial charge in [-0.3, -0.25) is 0 Å². The molecule has 0 aliphatic heterocycles. The zero-order valence-corrected chi connectivity index (χ0v) is 10.5. The van der Waals surface area contributed by atoms with Crippen molar-refractivity contribution in [3.8, 4) is 0 Å². The predicted octanol–water partition coefficient (Wildman–Crippen LogP) is 1.82. The molecule has 5 nitrogen and oxygen atoms in total. The van der Waals surface area contributed by atoms with E-state index < -0.39 is 0 Å². The van der Waals surface area contributed by atoms with Gasteiger partial charge in [-0.25, -0.2) is 4.98 Å². The maximum absolute atomic E-state index is 9.51. The van der Waals surface area contributed by atoms with Gasteiger partial charge in [-0.2, -0.15) is 4.98 Å². The van der Waals surface area contributed by atoms with E-state index >= 15 is 0 Å². The van der Waals surface area contributed by atoms with Gasteiger partial charge in [-0.1, -0.05) is 0 Å². The zero-order valence-electron chi connectivity index (χ0n) is 9.78. The molecule has 2 rings (SSSR count). The zero-order chi connectivity index (χ0) is 12.5. The van der Waals surface area contributed by atoms with E-state index in [4.69, 9.17) is 17.3 Å². The summed E-state index contributed by atoms with van der Waals surface area (Å²) in [7, 11) is 0. The molecule has 1 aromatic rings. The summed E-state index contributed by atoms with van der Waals surface area (Å²) in [5, 5.41) is 13.0. The van der Waals surface area contributed by atoms with Crippen molar-refractivity contribution in [2.75, 3.05) is 11.1 Å². The third-order valence-electron chi connectivity index (χ3n) is 3.27. The van der Waals surface area contributed by atoms with E-state index in [0.717, 1.165) is 25.7 Å². The van der Waals surface area contributed by atoms with Gasteiger partial charge in [0.1, 0.15) is 0 Å². The van der Waals surface area contributed by atoms with Gasteiger partial charge in [0, 0.05) is 5.54 Å². The number of aliphatic hydroxyl groups excluding tert-OH is 1. The number of halogens is 1. The molecule has 1 saturated carbocycles. The summed E-state index contributed by atoms with van der Waals surface area (Å²) in [4.78, 5) is 7.90. The molecule has 0 spiro atoms. The third-order valence-corrected chi connectivity index (χ3v) is 3.45. The lowest BCUT2D eigenvalue weighted by atomic mass is 9.82. The summed E-state index contributed by atoms with van der Waals surface area (Å²) in [6.45, 7) is 2.11. The number of rotatable bonds is 2. The van der Waals surface area contributed by atoms with Crippen LogP contribution >= 0.6 is 11.6 Å². The second-order valence-corrected chi connectivity index (χ2v) is 5.20. The summed E-state index contributed by atoms with van der Waals surface area (Å²) < 4.78 is 0. The average Bonchev–Trinajstić information content (AvgIpc) is 2.28. The van der Waals surface area contributed by atoms with Gasteiger partial charge in [0.05, 0.1) is 18.0 Å². The highest BCUT2D eigenvalue weighted by Crippen LogP contribution is 2.32. The van der Waals surface area contributed by atoms with Crippen LogP contribution in [0, 0.1) is 0 Å². The lowest BCUT2D eigenvalue weighted by Gasteiger charge is -2.37. The number of hydrogen-bond acceptors (Lipinski definition) is 5. The van der Waals surface area contributed by atoms with Crippen molar-refractivity contribution >= 4 is 23.1 Å². The Bertz CT molecular complexity index is 404. The minimum atomic E-state index is -0.184. The van der Waals surface area contributed by atoms with Gasteiger partial charge in [-0.05, 0) is 44.2 Å². The number of hydrogen-bond donors (Lipinski definition) is 3. The monoisotopic (exact) mass is 256 g/mol. The standard InChI is InChI=1S/C11H17ClN4O/c1-11(4-2-7(17)3-5-11)16-9-8(13)6-14-10(12)15-9/h6-7,17H,2-5,13H2,1H3,(H,14,15,16). The maximum Gasteiger partial charge on any atom is 0.224 e. The van der Waals surface area contributed by atoms with E-state index in [-0.39, 0.29) is 16.9 Å². The Hall–Kier alpha value is -1.07. The van der Waals surface area contributed by atoms with Crippen LogP contribution < -0.4 is 11.1 Å². The molecule has 0 atom stereocenters. The van der Waals surface area contributed by atoms with Crippen molar-refractivity contribution < 1.29 is 5.11 Å². The summed E-state index contributed by atoms with van der Waals surface area (Å²) in [5.74, 6) is 0.573. The SMILES string of the molecule is CC1(Nc2nc(Cl)ncc2N)CCC(O)CC1. The topological polar surface area (TPSA) is 84.1 Å². The Kier molecular flexibility index (Phi) is 3.40. The summed E-state index contributed by atoms with van der Waals surface area (Å²) in [5.41, 5.74) is 6.19. The number of nitrogens with one attached hydrogen (secondary N) is 1. The molecule has 1 aromatic heterocycles. The van der Waals surface area contributed by atoms with Crippen LogP contribution in [0.4, 0.5) is 11.5 Å². The van der Waals surface area contributed by atoms with Crippen molar-refractivity contribution in [2.24, 2.45) is 0 Å². The molecule has 0 bridgehead atoms. The smallest absolute Gasteiger partial charge is 0.224 e. The Morgan fingerprint density at radius 2 is 2.18 bits per heavy atom. The second kappa shape index (κ2) is 4.66. The lowest BCUT2D eigenvalue weighted by molar-refractivity contribution is 0.108. The Balaban J connectivity index is 2.12. The highest BCUT2D eigenvalue weighted by molar-refractivity contribution is 6.28. The van der Waals surface area contributed by atoms with Crippen molar-refractivity contribution in [2.45, 2.75) is 44.2 Å². The molecule has 0 unspecified atom stereocenters. The second-order valence-electron chi connectivity index (χ2n) is 4.86. The minimum Gasteiger partial charge on any atom is -0.394 e. The van der Waals surface area contributed by atoms with Crippen LogP contribution in [0.1, 0.15) is 32.6 Å². The molecular weight excluding hydrogens is 240 g/mol. The molecule has 94 valence electrons. The Labute approximate surface area is 105 Å². The van der Waals surface area contributed by atoms with E-state index in [2.05, 4.69) is 22.2 Å².